The molecule has 0 aliphatic rings. The zero-order valence-electron chi connectivity index (χ0n) is 27.5. The van der Waals surface area contributed by atoms with Gasteiger partial charge in [-0.05, 0) is 63.9 Å². The SMILES string of the molecule is CCCCCCCCCSSc1n[nH]c(=S)s1.CCCCCCCCCSSc1nnc(SSCCCCCCCCC)s1. The van der Waals surface area contributed by atoms with Crippen LogP contribution in [-0.2, 0) is 0 Å². The lowest BCUT2D eigenvalue weighted by atomic mass is 10.1. The maximum Gasteiger partial charge on any atom is 0.185 e. The summed E-state index contributed by atoms with van der Waals surface area (Å²) in [4.78, 5) is 0. The van der Waals surface area contributed by atoms with Crippen molar-refractivity contribution >= 4 is 99.7 Å². The molecular weight excluding hydrogens is 717 g/mol. The van der Waals surface area contributed by atoms with Crippen LogP contribution in [0.1, 0.15) is 156 Å². The summed E-state index contributed by atoms with van der Waals surface area (Å²) in [5, 5.41) is 15.5. The molecule has 2 rings (SSSR count). The number of rotatable bonds is 30. The molecule has 44 heavy (non-hydrogen) atoms. The minimum Gasteiger partial charge on any atom is -0.257 e. The molecule has 0 fully saturated rings. The monoisotopic (exact) mass is 774 g/mol. The highest BCUT2D eigenvalue weighted by Gasteiger charge is 2.06. The van der Waals surface area contributed by atoms with E-state index in [-0.39, 0.29) is 0 Å². The van der Waals surface area contributed by atoms with Gasteiger partial charge in [-0.2, -0.15) is 5.10 Å². The summed E-state index contributed by atoms with van der Waals surface area (Å²) in [5.74, 6) is 3.67. The van der Waals surface area contributed by atoms with E-state index in [9.17, 15) is 0 Å². The van der Waals surface area contributed by atoms with Crippen molar-refractivity contribution in [1.82, 2.24) is 20.4 Å². The number of hydrogen-bond acceptors (Lipinski definition) is 12. The molecule has 13 heteroatoms. The Kier molecular flexibility index (Phi) is 33.9. The first-order valence-electron chi connectivity index (χ1n) is 17.0. The zero-order valence-corrected chi connectivity index (χ0v) is 34.8. The minimum absolute atomic E-state index is 0.768. The van der Waals surface area contributed by atoms with Crippen LogP contribution in [0.4, 0.5) is 0 Å². The van der Waals surface area contributed by atoms with Crippen LogP contribution in [-0.4, -0.2) is 37.7 Å². The second-order valence-electron chi connectivity index (χ2n) is 10.8. The molecule has 0 saturated carbocycles. The molecule has 0 spiro atoms. The van der Waals surface area contributed by atoms with Gasteiger partial charge in [-0.3, -0.25) is 5.10 Å². The first-order chi connectivity index (χ1) is 21.7. The zero-order chi connectivity index (χ0) is 31.8. The Morgan fingerprint density at radius 1 is 0.477 bits per heavy atom. The van der Waals surface area contributed by atoms with Crippen LogP contribution < -0.4 is 0 Å². The molecule has 0 bridgehead atoms. The Morgan fingerprint density at radius 3 is 1.16 bits per heavy atom. The number of hydrogen-bond donors (Lipinski definition) is 1. The van der Waals surface area contributed by atoms with E-state index >= 15 is 0 Å². The van der Waals surface area contributed by atoms with E-state index in [4.69, 9.17) is 12.2 Å². The van der Waals surface area contributed by atoms with Gasteiger partial charge in [0.15, 0.2) is 17.0 Å². The van der Waals surface area contributed by atoms with Crippen LogP contribution in [0.2, 0.25) is 0 Å². The highest BCUT2D eigenvalue weighted by molar-refractivity contribution is 8.78. The molecule has 0 aliphatic heterocycles. The Labute approximate surface area is 307 Å². The van der Waals surface area contributed by atoms with E-state index < -0.39 is 0 Å². The number of H-pyrrole nitrogens is 1. The minimum atomic E-state index is 0.768. The van der Waals surface area contributed by atoms with Crippen LogP contribution in [0.15, 0.2) is 13.0 Å². The second kappa shape index (κ2) is 34.3. The average Bonchev–Trinajstić information content (AvgIpc) is 3.67. The lowest BCUT2D eigenvalue weighted by Crippen LogP contribution is -1.81. The van der Waals surface area contributed by atoms with Crippen molar-refractivity contribution in [3.8, 4) is 0 Å². The maximum absolute atomic E-state index is 4.98. The number of nitrogens with zero attached hydrogens (tertiary/aromatic N) is 3. The fourth-order valence-electron chi connectivity index (χ4n) is 4.15. The molecule has 0 saturated heterocycles. The van der Waals surface area contributed by atoms with Gasteiger partial charge in [0.05, 0.1) is 0 Å². The first kappa shape index (κ1) is 43.5. The maximum atomic E-state index is 4.98. The third-order valence-electron chi connectivity index (χ3n) is 6.69. The van der Waals surface area contributed by atoms with Gasteiger partial charge < -0.3 is 0 Å². The number of aromatic nitrogens is 4. The predicted octanol–water partition coefficient (Wildman–Crippen LogP) is 15.2. The largest absolute Gasteiger partial charge is 0.257 e. The van der Waals surface area contributed by atoms with Gasteiger partial charge >= 0.3 is 0 Å². The summed E-state index contributed by atoms with van der Waals surface area (Å²) in [5.41, 5.74) is 0. The topological polar surface area (TPSA) is 54.5 Å². The molecular formula is C31H58N4S9. The van der Waals surface area contributed by atoms with Crippen molar-refractivity contribution in [2.75, 3.05) is 17.3 Å². The summed E-state index contributed by atoms with van der Waals surface area (Å²) in [6.07, 6.45) is 29.0. The van der Waals surface area contributed by atoms with E-state index in [1.165, 1.54) is 152 Å². The van der Waals surface area contributed by atoms with E-state index in [1.54, 1.807) is 33.5 Å². The fourth-order valence-corrected chi connectivity index (χ4v) is 13.5. The van der Waals surface area contributed by atoms with Gasteiger partial charge in [0.2, 0.25) is 0 Å². The van der Waals surface area contributed by atoms with Crippen LogP contribution in [0.3, 0.4) is 0 Å². The molecule has 256 valence electrons. The van der Waals surface area contributed by atoms with Gasteiger partial charge in [0.1, 0.15) is 0 Å². The summed E-state index contributed by atoms with van der Waals surface area (Å²) in [7, 11) is 11.1. The fraction of sp³-hybridized carbons (Fsp3) is 0.871. The van der Waals surface area contributed by atoms with Gasteiger partial charge in [-0.25, -0.2) is 0 Å². The molecule has 0 amide bonds. The third-order valence-corrected chi connectivity index (χ3v) is 16.9. The molecule has 0 atom stereocenters. The van der Waals surface area contributed by atoms with E-state index in [0.29, 0.717) is 0 Å². The lowest BCUT2D eigenvalue weighted by Gasteiger charge is -2.00. The van der Waals surface area contributed by atoms with Crippen molar-refractivity contribution in [2.24, 2.45) is 0 Å². The molecule has 0 aromatic carbocycles. The number of unbranched alkanes of at least 4 members (excludes halogenated alkanes) is 18. The highest BCUT2D eigenvalue weighted by atomic mass is 33.1. The average molecular weight is 775 g/mol. The first-order valence-corrected chi connectivity index (χ1v) is 26.0. The Morgan fingerprint density at radius 2 is 0.818 bits per heavy atom. The molecule has 2 heterocycles. The van der Waals surface area contributed by atoms with Crippen molar-refractivity contribution in [2.45, 2.75) is 169 Å². The number of aromatic amines is 1. The second-order valence-corrected chi connectivity index (χ2v) is 21.4. The van der Waals surface area contributed by atoms with Crippen molar-refractivity contribution < 1.29 is 0 Å². The van der Waals surface area contributed by atoms with Crippen LogP contribution >= 0.6 is 99.7 Å². The van der Waals surface area contributed by atoms with Crippen molar-refractivity contribution in [3.63, 3.8) is 0 Å². The molecule has 1 N–H and O–H groups in total. The molecule has 4 nitrogen and oxygen atoms in total. The summed E-state index contributed by atoms with van der Waals surface area (Å²) in [6, 6.07) is 0. The van der Waals surface area contributed by atoms with Crippen molar-refractivity contribution in [3.05, 3.63) is 3.95 Å². The lowest BCUT2D eigenvalue weighted by molar-refractivity contribution is 0.604. The molecule has 2 aromatic heterocycles. The summed E-state index contributed by atoms with van der Waals surface area (Å²) >= 11 is 8.29. The standard InChI is InChI=1S/C20H38N2S5.C11H20N2S4/c1-3-5-7-9-11-13-15-17-23-26-19-21-22-20(25-19)27-24-18-16-14-12-10-8-6-4-2;1-2-3-4-5-6-7-8-9-15-17-11-13-12-10(14)16-11/h3-18H2,1-2H3;2-9H2,1H3,(H,12,14). The highest BCUT2D eigenvalue weighted by Crippen LogP contribution is 2.40. The molecule has 2 aromatic rings. The van der Waals surface area contributed by atoms with Crippen LogP contribution in [0.25, 0.3) is 0 Å². The Balaban J connectivity index is 0.000000488. The van der Waals surface area contributed by atoms with Gasteiger partial charge in [0.25, 0.3) is 0 Å². The summed E-state index contributed by atoms with van der Waals surface area (Å²) in [6.45, 7) is 6.82. The third kappa shape index (κ3) is 28.5. The van der Waals surface area contributed by atoms with Gasteiger partial charge in [-0.15, -0.1) is 10.2 Å². The quantitative estimate of drug-likeness (QED) is 0.0472. The summed E-state index contributed by atoms with van der Waals surface area (Å²) < 4.78 is 4.04. The van der Waals surface area contributed by atoms with Gasteiger partial charge in [0, 0.05) is 17.3 Å². The van der Waals surface area contributed by atoms with E-state index in [1.807, 2.05) is 54.0 Å². The molecule has 0 aliphatic carbocycles. The Hall–Kier alpha value is 1.44. The Bertz CT molecular complexity index is 870. The van der Waals surface area contributed by atoms with Crippen molar-refractivity contribution in [1.29, 1.82) is 0 Å². The van der Waals surface area contributed by atoms with Crippen LogP contribution in [0, 0.1) is 3.95 Å². The molecule has 0 unspecified atom stereocenters. The number of nitrogens with one attached hydrogen (secondary N) is 1. The van der Waals surface area contributed by atoms with E-state index in [2.05, 4.69) is 41.2 Å². The predicted molar refractivity (Wildman–Crippen MR) is 216 cm³/mol. The van der Waals surface area contributed by atoms with Gasteiger partial charge in [-0.1, -0.05) is 191 Å². The van der Waals surface area contributed by atoms with Crippen LogP contribution in [0.5, 0.6) is 0 Å². The normalized spacial score (nSPS) is 11.2. The van der Waals surface area contributed by atoms with E-state index in [0.717, 1.165) is 17.0 Å². The smallest absolute Gasteiger partial charge is 0.185 e. The molecule has 0 radical (unpaired) electrons.